The highest BCUT2D eigenvalue weighted by molar-refractivity contribution is 7.81. The van der Waals surface area contributed by atoms with Crippen molar-refractivity contribution in [3.63, 3.8) is 0 Å². The summed E-state index contributed by atoms with van der Waals surface area (Å²) in [5, 5.41) is 3.69. The van der Waals surface area contributed by atoms with E-state index in [1.807, 2.05) is 30.3 Å². The lowest BCUT2D eigenvalue weighted by Crippen LogP contribution is -2.10. The van der Waals surface area contributed by atoms with Gasteiger partial charge < -0.3 is 5.32 Å². The standard InChI is InChI=1S/C12H8Cl2N2S/c13-10-7-6-9(11(14)16-10)15-12(17)8-4-2-1-3-5-8/h1-7H,(H,15,17). The first-order valence-corrected chi connectivity index (χ1v) is 6.01. The van der Waals surface area contributed by atoms with Crippen LogP contribution in [0.5, 0.6) is 0 Å². The third-order valence-electron chi connectivity index (χ3n) is 2.10. The summed E-state index contributed by atoms with van der Waals surface area (Å²) in [6.45, 7) is 0. The molecule has 0 saturated carbocycles. The van der Waals surface area contributed by atoms with Gasteiger partial charge >= 0.3 is 0 Å². The van der Waals surface area contributed by atoms with Gasteiger partial charge in [0.1, 0.15) is 10.1 Å². The van der Waals surface area contributed by atoms with Crippen molar-refractivity contribution in [2.45, 2.75) is 0 Å². The molecule has 0 amide bonds. The summed E-state index contributed by atoms with van der Waals surface area (Å²) in [4.78, 5) is 4.52. The van der Waals surface area contributed by atoms with E-state index in [-0.39, 0.29) is 0 Å². The molecule has 0 spiro atoms. The molecule has 17 heavy (non-hydrogen) atoms. The fourth-order valence-corrected chi connectivity index (χ4v) is 1.93. The Morgan fingerprint density at radius 2 is 1.76 bits per heavy atom. The normalized spacial score (nSPS) is 10.0. The number of thiocarbonyl (C=S) groups is 1. The van der Waals surface area contributed by atoms with Crippen LogP contribution >= 0.6 is 35.4 Å². The third kappa shape index (κ3) is 3.16. The number of pyridine rings is 1. The second-order valence-corrected chi connectivity index (χ2v) is 4.45. The van der Waals surface area contributed by atoms with Crippen LogP contribution in [0.25, 0.3) is 0 Å². The van der Waals surface area contributed by atoms with E-state index >= 15 is 0 Å². The monoisotopic (exact) mass is 282 g/mol. The molecule has 0 fully saturated rings. The zero-order valence-electron chi connectivity index (χ0n) is 8.65. The number of hydrogen-bond donors (Lipinski definition) is 1. The summed E-state index contributed by atoms with van der Waals surface area (Å²) in [5.41, 5.74) is 1.57. The highest BCUT2D eigenvalue weighted by Gasteiger charge is 2.05. The lowest BCUT2D eigenvalue weighted by atomic mass is 10.2. The Hall–Kier alpha value is -1.16. The van der Waals surface area contributed by atoms with Crippen molar-refractivity contribution in [3.05, 3.63) is 58.3 Å². The number of benzene rings is 1. The van der Waals surface area contributed by atoms with Crippen LogP contribution < -0.4 is 5.32 Å². The van der Waals surface area contributed by atoms with E-state index in [2.05, 4.69) is 10.3 Å². The molecule has 86 valence electrons. The van der Waals surface area contributed by atoms with E-state index in [1.165, 1.54) is 0 Å². The minimum Gasteiger partial charge on any atom is -0.344 e. The molecule has 0 radical (unpaired) electrons. The van der Waals surface area contributed by atoms with E-state index < -0.39 is 0 Å². The Balaban J connectivity index is 2.19. The first-order chi connectivity index (χ1) is 8.16. The van der Waals surface area contributed by atoms with Crippen molar-refractivity contribution in [1.29, 1.82) is 0 Å². The maximum atomic E-state index is 5.94. The molecule has 0 saturated heterocycles. The largest absolute Gasteiger partial charge is 0.344 e. The maximum absolute atomic E-state index is 5.94. The third-order valence-corrected chi connectivity index (χ3v) is 2.94. The highest BCUT2D eigenvalue weighted by Crippen LogP contribution is 2.22. The van der Waals surface area contributed by atoms with Gasteiger partial charge in [0.15, 0.2) is 5.15 Å². The van der Waals surface area contributed by atoms with Gasteiger partial charge in [0.25, 0.3) is 0 Å². The lowest BCUT2D eigenvalue weighted by molar-refractivity contribution is 1.33. The number of aromatic nitrogens is 1. The van der Waals surface area contributed by atoms with E-state index in [9.17, 15) is 0 Å². The first kappa shape index (κ1) is 12.3. The van der Waals surface area contributed by atoms with E-state index in [0.717, 1.165) is 5.56 Å². The predicted octanol–water partition coefficient (Wildman–Crippen LogP) is 4.18. The number of nitrogens with one attached hydrogen (secondary N) is 1. The molecule has 0 aliphatic rings. The van der Waals surface area contributed by atoms with E-state index in [1.54, 1.807) is 12.1 Å². The Morgan fingerprint density at radius 3 is 2.41 bits per heavy atom. The van der Waals surface area contributed by atoms with Gasteiger partial charge in [-0.1, -0.05) is 65.8 Å². The van der Waals surface area contributed by atoms with Crippen molar-refractivity contribution >= 4 is 46.1 Å². The Bertz CT molecular complexity index is 543. The zero-order valence-corrected chi connectivity index (χ0v) is 11.0. The Kier molecular flexibility index (Phi) is 3.94. The van der Waals surface area contributed by atoms with E-state index in [0.29, 0.717) is 21.0 Å². The molecule has 1 heterocycles. The summed E-state index contributed by atoms with van der Waals surface area (Å²) in [6.07, 6.45) is 0. The van der Waals surface area contributed by atoms with Crippen molar-refractivity contribution in [2.24, 2.45) is 0 Å². The summed E-state index contributed by atoms with van der Waals surface area (Å²) < 4.78 is 0. The molecule has 2 rings (SSSR count). The van der Waals surface area contributed by atoms with Gasteiger partial charge in [-0.05, 0) is 12.1 Å². The molecule has 0 unspecified atom stereocenters. The maximum Gasteiger partial charge on any atom is 0.154 e. The summed E-state index contributed by atoms with van der Waals surface area (Å²) >= 11 is 16.9. The number of nitrogens with zero attached hydrogens (tertiary/aromatic N) is 1. The summed E-state index contributed by atoms with van der Waals surface area (Å²) in [7, 11) is 0. The smallest absolute Gasteiger partial charge is 0.154 e. The highest BCUT2D eigenvalue weighted by atomic mass is 35.5. The van der Waals surface area contributed by atoms with Crippen LogP contribution in [-0.2, 0) is 0 Å². The van der Waals surface area contributed by atoms with Gasteiger partial charge in [0.05, 0.1) is 5.69 Å². The van der Waals surface area contributed by atoms with Gasteiger partial charge in [-0.2, -0.15) is 0 Å². The molecular formula is C12H8Cl2N2S. The van der Waals surface area contributed by atoms with Crippen LogP contribution in [-0.4, -0.2) is 9.97 Å². The fraction of sp³-hybridized carbons (Fsp3) is 0. The average molecular weight is 283 g/mol. The topological polar surface area (TPSA) is 24.9 Å². The molecule has 5 heteroatoms. The lowest BCUT2D eigenvalue weighted by Gasteiger charge is -2.09. The van der Waals surface area contributed by atoms with Crippen molar-refractivity contribution in [1.82, 2.24) is 4.98 Å². The fourth-order valence-electron chi connectivity index (χ4n) is 1.29. The number of anilines is 1. The first-order valence-electron chi connectivity index (χ1n) is 4.85. The van der Waals surface area contributed by atoms with Crippen molar-refractivity contribution < 1.29 is 0 Å². The predicted molar refractivity (Wildman–Crippen MR) is 76.0 cm³/mol. The van der Waals surface area contributed by atoms with Gasteiger partial charge in [-0.15, -0.1) is 0 Å². The second-order valence-electron chi connectivity index (χ2n) is 3.29. The Labute approximate surface area is 115 Å². The SMILES string of the molecule is S=C(Nc1ccc(Cl)nc1Cl)c1ccccc1. The van der Waals surface area contributed by atoms with Crippen molar-refractivity contribution in [2.75, 3.05) is 5.32 Å². The Morgan fingerprint density at radius 1 is 1.06 bits per heavy atom. The molecule has 1 aromatic heterocycles. The van der Waals surface area contributed by atoms with Gasteiger partial charge in [0.2, 0.25) is 0 Å². The van der Waals surface area contributed by atoms with E-state index in [4.69, 9.17) is 35.4 Å². The van der Waals surface area contributed by atoms with Crippen molar-refractivity contribution in [3.8, 4) is 0 Å². The molecule has 0 aliphatic heterocycles. The molecule has 1 aromatic carbocycles. The van der Waals surface area contributed by atoms with Gasteiger partial charge in [0, 0.05) is 5.56 Å². The zero-order chi connectivity index (χ0) is 12.3. The molecule has 0 bridgehead atoms. The van der Waals surface area contributed by atoms with Gasteiger partial charge in [-0.25, -0.2) is 4.98 Å². The number of hydrogen-bond acceptors (Lipinski definition) is 2. The number of halogens is 2. The summed E-state index contributed by atoms with van der Waals surface area (Å²) in [6, 6.07) is 13.0. The molecular weight excluding hydrogens is 275 g/mol. The van der Waals surface area contributed by atoms with Crippen LogP contribution in [0, 0.1) is 0 Å². The molecule has 1 N–H and O–H groups in total. The summed E-state index contributed by atoms with van der Waals surface area (Å²) in [5.74, 6) is 0. The second kappa shape index (κ2) is 5.45. The quantitative estimate of drug-likeness (QED) is 0.661. The van der Waals surface area contributed by atoms with Crippen LogP contribution in [0.2, 0.25) is 10.3 Å². The van der Waals surface area contributed by atoms with Crippen LogP contribution in [0.3, 0.4) is 0 Å². The molecule has 2 aromatic rings. The minimum absolute atomic E-state index is 0.302. The molecule has 2 nitrogen and oxygen atoms in total. The van der Waals surface area contributed by atoms with Gasteiger partial charge in [-0.3, -0.25) is 0 Å². The van der Waals surface area contributed by atoms with Crippen LogP contribution in [0.4, 0.5) is 5.69 Å². The molecule has 0 aliphatic carbocycles. The number of rotatable bonds is 2. The van der Waals surface area contributed by atoms with Crippen LogP contribution in [0.15, 0.2) is 42.5 Å². The van der Waals surface area contributed by atoms with Crippen LogP contribution in [0.1, 0.15) is 5.56 Å². The minimum atomic E-state index is 0.302. The molecule has 0 atom stereocenters. The average Bonchev–Trinajstić information content (AvgIpc) is 2.34.